The quantitative estimate of drug-likeness (QED) is 0.248. The maximum Gasteiger partial charge on any atom is 0.408 e. The summed E-state index contributed by atoms with van der Waals surface area (Å²) in [4.78, 5) is 10.9. The van der Waals surface area contributed by atoms with Crippen LogP contribution in [-0.4, -0.2) is 52.2 Å². The molecule has 43 heavy (non-hydrogen) atoms. The molecule has 0 radical (unpaired) electrons. The number of halogens is 6. The number of hydrogen-bond acceptors (Lipinski definition) is 8. The molecule has 4 aromatic rings. The van der Waals surface area contributed by atoms with E-state index in [1.165, 1.54) is 37.8 Å². The highest BCUT2D eigenvalue weighted by Crippen LogP contribution is 2.37. The first-order valence-electron chi connectivity index (χ1n) is 12.9. The molecule has 1 aliphatic rings. The monoisotopic (exact) mass is 620 g/mol. The fourth-order valence-corrected chi connectivity index (χ4v) is 4.88. The van der Waals surface area contributed by atoms with Crippen molar-refractivity contribution in [2.45, 2.75) is 31.6 Å². The zero-order valence-electron chi connectivity index (χ0n) is 22.7. The van der Waals surface area contributed by atoms with Crippen molar-refractivity contribution in [1.29, 1.82) is 5.26 Å². The molecule has 15 heteroatoms. The Bertz CT molecular complexity index is 1660. The number of nitrogens with two attached hydrogens (primary N) is 1. The van der Waals surface area contributed by atoms with Gasteiger partial charge < -0.3 is 20.7 Å². The second-order valence-electron chi connectivity index (χ2n) is 9.77. The van der Waals surface area contributed by atoms with Crippen LogP contribution in [0.4, 0.5) is 39.3 Å². The van der Waals surface area contributed by atoms with E-state index >= 15 is 0 Å². The van der Waals surface area contributed by atoms with Gasteiger partial charge in [0.15, 0.2) is 0 Å². The predicted octanol–water partition coefficient (Wildman–Crippen LogP) is 5.82. The van der Waals surface area contributed by atoms with Crippen molar-refractivity contribution in [1.82, 2.24) is 19.7 Å². The average Bonchev–Trinajstić information content (AvgIpc) is 3.39. The van der Waals surface area contributed by atoms with Crippen molar-refractivity contribution in [3.8, 4) is 34.2 Å². The molecular weight excluding hydrogens is 595 g/mol. The molecule has 3 aromatic heterocycles. The molecule has 0 saturated carbocycles. The Labute approximate surface area is 249 Å². The molecule has 9 nitrogen and oxygen atoms in total. The normalized spacial score (nSPS) is 15.0. The van der Waals surface area contributed by atoms with Gasteiger partial charge in [-0.2, -0.15) is 23.5 Å². The fourth-order valence-electron chi connectivity index (χ4n) is 4.88. The fraction of sp³-hybridized carbons (Fsp3) is 0.286. The number of piperidine rings is 1. The predicted molar refractivity (Wildman–Crippen MR) is 152 cm³/mol. The van der Waals surface area contributed by atoms with Crippen molar-refractivity contribution in [3.05, 3.63) is 66.1 Å². The number of ether oxygens (including phenoxy) is 1. The van der Waals surface area contributed by atoms with Crippen LogP contribution in [-0.2, 0) is 6.54 Å². The van der Waals surface area contributed by atoms with Gasteiger partial charge in [0.05, 0.1) is 30.1 Å². The molecule has 1 aliphatic heterocycles. The summed E-state index contributed by atoms with van der Waals surface area (Å²) in [7, 11) is 1.25. The number of nitrogens with one attached hydrogen (secondary N) is 1. The number of anilines is 3. The van der Waals surface area contributed by atoms with E-state index in [1.807, 2.05) is 11.0 Å². The van der Waals surface area contributed by atoms with Crippen molar-refractivity contribution in [2.75, 3.05) is 30.4 Å². The molecule has 0 unspecified atom stereocenters. The van der Waals surface area contributed by atoms with E-state index in [4.69, 9.17) is 10.5 Å². The molecule has 1 aromatic carbocycles. The molecule has 0 aliphatic carbocycles. The van der Waals surface area contributed by atoms with E-state index in [9.17, 15) is 27.2 Å². The topological polar surface area (TPSA) is 118 Å². The zero-order valence-corrected chi connectivity index (χ0v) is 23.5. The minimum atomic E-state index is -4.43. The number of methoxy groups -OCH3 is 1. The van der Waals surface area contributed by atoms with Gasteiger partial charge in [0.1, 0.15) is 41.6 Å². The Morgan fingerprint density at radius 3 is 2.65 bits per heavy atom. The molecule has 1 saturated heterocycles. The summed E-state index contributed by atoms with van der Waals surface area (Å²) < 4.78 is 73.4. The van der Waals surface area contributed by atoms with Crippen molar-refractivity contribution >= 4 is 29.7 Å². The standard InChI is InChI=1S/C28H25F5N8O.ClH/c1-42-23-8-18(29)7-21(30)26(23)27-16(10-34)4-5-24(39-27)38-25-9-22(40-6-2-3-19(35)14-40)20(12-36-25)17-11-37-41(13-17)15-28(31,32)33;/h4-5,7-9,11-13,19H,2-3,6,14-15,35H2,1H3,(H,36,38,39);1H/t19-;/m0./s1. The number of nitriles is 1. The highest BCUT2D eigenvalue weighted by atomic mass is 35.5. The maximum absolute atomic E-state index is 14.9. The lowest BCUT2D eigenvalue weighted by molar-refractivity contribution is -0.142. The van der Waals surface area contributed by atoms with Gasteiger partial charge in [0, 0.05) is 66.5 Å². The zero-order chi connectivity index (χ0) is 30.0. The lowest BCUT2D eigenvalue weighted by atomic mass is 10.0. The van der Waals surface area contributed by atoms with E-state index in [-0.39, 0.29) is 46.8 Å². The summed E-state index contributed by atoms with van der Waals surface area (Å²) in [6.45, 7) is -0.0318. The van der Waals surface area contributed by atoms with Crippen LogP contribution >= 0.6 is 12.4 Å². The summed E-state index contributed by atoms with van der Waals surface area (Å²) in [5.74, 6) is -1.41. The van der Waals surface area contributed by atoms with Gasteiger partial charge in [-0.3, -0.25) is 4.68 Å². The van der Waals surface area contributed by atoms with E-state index in [0.717, 1.165) is 23.6 Å². The van der Waals surface area contributed by atoms with Gasteiger partial charge in [0.25, 0.3) is 0 Å². The minimum absolute atomic E-state index is 0. The molecular formula is C28H26ClF5N8O. The van der Waals surface area contributed by atoms with Crippen molar-refractivity contribution < 1.29 is 26.7 Å². The molecule has 4 heterocycles. The van der Waals surface area contributed by atoms with Crippen LogP contribution in [0.5, 0.6) is 5.75 Å². The second-order valence-corrected chi connectivity index (χ2v) is 9.77. The molecule has 1 atom stereocenters. The number of benzene rings is 1. The van der Waals surface area contributed by atoms with Crippen LogP contribution in [0.3, 0.4) is 0 Å². The summed E-state index contributed by atoms with van der Waals surface area (Å²) in [6.07, 6.45) is 1.41. The van der Waals surface area contributed by atoms with E-state index in [1.54, 1.807) is 6.07 Å². The molecule has 0 bridgehead atoms. The first kappa shape index (κ1) is 31.5. The number of hydrogen-bond donors (Lipinski definition) is 2. The van der Waals surface area contributed by atoms with Crippen LogP contribution in [0.15, 0.2) is 48.9 Å². The third-order valence-electron chi connectivity index (χ3n) is 6.71. The lowest BCUT2D eigenvalue weighted by Crippen LogP contribution is -2.43. The van der Waals surface area contributed by atoms with Crippen molar-refractivity contribution in [3.63, 3.8) is 0 Å². The SMILES string of the molecule is COc1cc(F)cc(F)c1-c1nc(Nc2cc(N3CCC[C@H](N)C3)c(-c3cnn(CC(F)(F)F)c3)cn2)ccc1C#N.Cl. The second kappa shape index (κ2) is 12.8. The van der Waals surface area contributed by atoms with Gasteiger partial charge in [-0.15, -0.1) is 12.4 Å². The molecule has 3 N–H and O–H groups in total. The minimum Gasteiger partial charge on any atom is -0.496 e. The summed E-state index contributed by atoms with van der Waals surface area (Å²) in [5, 5.41) is 16.5. The Morgan fingerprint density at radius 2 is 1.95 bits per heavy atom. The van der Waals surface area contributed by atoms with Crippen LogP contribution in [0.2, 0.25) is 0 Å². The number of aromatic nitrogens is 4. The Balaban J connectivity index is 0.00000423. The molecule has 1 fully saturated rings. The Hall–Kier alpha value is -4.48. The lowest BCUT2D eigenvalue weighted by Gasteiger charge is -2.34. The van der Waals surface area contributed by atoms with Crippen LogP contribution in [0.1, 0.15) is 18.4 Å². The summed E-state index contributed by atoms with van der Waals surface area (Å²) >= 11 is 0. The number of rotatable bonds is 7. The smallest absolute Gasteiger partial charge is 0.408 e. The van der Waals surface area contributed by atoms with E-state index in [2.05, 4.69) is 20.4 Å². The summed E-state index contributed by atoms with van der Waals surface area (Å²) in [5.41, 5.74) is 7.70. The Morgan fingerprint density at radius 1 is 1.16 bits per heavy atom. The highest BCUT2D eigenvalue weighted by molar-refractivity contribution is 5.85. The molecule has 226 valence electrons. The number of alkyl halides is 3. The molecule has 0 spiro atoms. The van der Waals surface area contributed by atoms with Gasteiger partial charge in [-0.1, -0.05) is 0 Å². The summed E-state index contributed by atoms with van der Waals surface area (Å²) in [6, 6.07) is 8.19. The van der Waals surface area contributed by atoms with Crippen LogP contribution in [0, 0.1) is 23.0 Å². The first-order valence-corrected chi connectivity index (χ1v) is 12.9. The van der Waals surface area contributed by atoms with Gasteiger partial charge in [-0.05, 0) is 25.0 Å². The van der Waals surface area contributed by atoms with Gasteiger partial charge in [-0.25, -0.2) is 18.7 Å². The van der Waals surface area contributed by atoms with Gasteiger partial charge in [0.2, 0.25) is 0 Å². The number of nitrogens with zero attached hydrogens (tertiary/aromatic N) is 6. The van der Waals surface area contributed by atoms with E-state index < -0.39 is 24.4 Å². The highest BCUT2D eigenvalue weighted by Gasteiger charge is 2.29. The van der Waals surface area contributed by atoms with Crippen molar-refractivity contribution in [2.24, 2.45) is 5.73 Å². The average molecular weight is 621 g/mol. The first-order chi connectivity index (χ1) is 20.0. The molecule has 5 rings (SSSR count). The van der Waals surface area contributed by atoms with Crippen LogP contribution in [0.25, 0.3) is 22.4 Å². The van der Waals surface area contributed by atoms with Gasteiger partial charge >= 0.3 is 6.18 Å². The third kappa shape index (κ3) is 7.12. The van der Waals surface area contributed by atoms with E-state index in [0.29, 0.717) is 41.8 Å². The van der Waals surface area contributed by atoms with Crippen LogP contribution < -0.4 is 20.7 Å². The largest absolute Gasteiger partial charge is 0.496 e. The maximum atomic E-state index is 14.9. The number of pyridine rings is 2. The third-order valence-corrected chi connectivity index (χ3v) is 6.71. The Kier molecular flexibility index (Phi) is 9.37. The molecule has 0 amide bonds.